The predicted molar refractivity (Wildman–Crippen MR) is 80.4 cm³/mol. The van der Waals surface area contributed by atoms with E-state index in [0.717, 1.165) is 12.8 Å². The Morgan fingerprint density at radius 1 is 1.43 bits per heavy atom. The molecule has 1 amide bonds. The first-order valence-corrected chi connectivity index (χ1v) is 8.82. The zero-order chi connectivity index (χ0) is 15.8. The smallest absolute Gasteiger partial charge is 0.270 e. The fourth-order valence-electron chi connectivity index (χ4n) is 2.97. The summed E-state index contributed by atoms with van der Waals surface area (Å²) in [5.41, 5.74) is 0.404. The van der Waals surface area contributed by atoms with Gasteiger partial charge >= 0.3 is 0 Å². The molecule has 1 aliphatic heterocycles. The zero-order valence-electron chi connectivity index (χ0n) is 12.7. The van der Waals surface area contributed by atoms with Crippen molar-refractivity contribution in [1.29, 1.82) is 0 Å². The van der Waals surface area contributed by atoms with Crippen LogP contribution in [-0.2, 0) is 16.6 Å². The number of nitrogens with two attached hydrogens (primary N) is 1. The molecular weight excluding hydrogens is 290 g/mol. The highest BCUT2D eigenvalue weighted by molar-refractivity contribution is 7.89. The zero-order valence-corrected chi connectivity index (χ0v) is 13.6. The van der Waals surface area contributed by atoms with Gasteiger partial charge in [-0.15, -0.1) is 0 Å². The maximum Gasteiger partial charge on any atom is 0.270 e. The maximum absolute atomic E-state index is 12.7. The molecule has 2 atom stereocenters. The van der Waals surface area contributed by atoms with Crippen molar-refractivity contribution < 1.29 is 13.2 Å². The van der Waals surface area contributed by atoms with E-state index < -0.39 is 10.0 Å². The van der Waals surface area contributed by atoms with Crippen LogP contribution in [0.1, 0.15) is 44.1 Å². The van der Waals surface area contributed by atoms with E-state index in [9.17, 15) is 13.2 Å². The first-order chi connectivity index (χ1) is 9.74. The third-order valence-electron chi connectivity index (χ3n) is 3.93. The molecule has 2 unspecified atom stereocenters. The molecule has 0 bridgehead atoms. The number of aromatic nitrogens is 1. The van der Waals surface area contributed by atoms with E-state index in [1.54, 1.807) is 4.57 Å². The van der Waals surface area contributed by atoms with Crippen LogP contribution in [0.2, 0.25) is 0 Å². The van der Waals surface area contributed by atoms with Gasteiger partial charge in [-0.1, -0.05) is 13.8 Å². The van der Waals surface area contributed by atoms with Gasteiger partial charge in [0.2, 0.25) is 10.0 Å². The van der Waals surface area contributed by atoms with E-state index in [4.69, 9.17) is 5.14 Å². The van der Waals surface area contributed by atoms with Crippen LogP contribution in [0.4, 0.5) is 0 Å². The first kappa shape index (κ1) is 16.0. The summed E-state index contributed by atoms with van der Waals surface area (Å²) in [6, 6.07) is 1.57. The summed E-state index contributed by atoms with van der Waals surface area (Å²) >= 11 is 0. The second kappa shape index (κ2) is 5.81. The summed E-state index contributed by atoms with van der Waals surface area (Å²) in [5, 5.41) is 5.17. The quantitative estimate of drug-likeness (QED) is 0.912. The molecule has 118 valence electrons. The number of hydrogen-bond acceptors (Lipinski definition) is 3. The molecule has 7 heteroatoms. The molecule has 0 aliphatic carbocycles. The minimum Gasteiger partial charge on any atom is -0.342 e. The SMILES string of the molecule is CCCn1cc(S(N)(=O)=O)cc1C(=O)N1CC(C)CC1C. The van der Waals surface area contributed by atoms with Crippen molar-refractivity contribution in [2.24, 2.45) is 11.1 Å². The van der Waals surface area contributed by atoms with E-state index in [-0.39, 0.29) is 16.8 Å². The molecule has 1 aromatic heterocycles. The monoisotopic (exact) mass is 313 g/mol. The van der Waals surface area contributed by atoms with Crippen molar-refractivity contribution >= 4 is 15.9 Å². The highest BCUT2D eigenvalue weighted by atomic mass is 32.2. The lowest BCUT2D eigenvalue weighted by molar-refractivity contribution is 0.0732. The molecule has 1 fully saturated rings. The Morgan fingerprint density at radius 2 is 2.10 bits per heavy atom. The number of aryl methyl sites for hydroxylation is 1. The molecule has 0 radical (unpaired) electrons. The van der Waals surface area contributed by atoms with Gasteiger partial charge in [-0.3, -0.25) is 4.79 Å². The van der Waals surface area contributed by atoms with E-state index in [1.807, 2.05) is 18.7 Å². The van der Waals surface area contributed by atoms with Crippen LogP contribution in [-0.4, -0.2) is 36.4 Å². The standard InChI is InChI=1S/C14H23N3O3S/c1-4-5-16-9-12(21(15,19)20)7-13(16)14(18)17-8-10(2)6-11(17)3/h7,9-11H,4-6,8H2,1-3H3,(H2,15,19,20). The summed E-state index contributed by atoms with van der Waals surface area (Å²) in [6.07, 6.45) is 3.24. The minimum atomic E-state index is -3.80. The number of likely N-dealkylation sites (tertiary alicyclic amines) is 1. The van der Waals surface area contributed by atoms with Crippen LogP contribution < -0.4 is 5.14 Å². The number of primary sulfonamides is 1. The van der Waals surface area contributed by atoms with Gasteiger partial charge in [0.25, 0.3) is 5.91 Å². The predicted octanol–water partition coefficient (Wildman–Crippen LogP) is 1.42. The maximum atomic E-state index is 12.7. The van der Waals surface area contributed by atoms with E-state index in [2.05, 4.69) is 6.92 Å². The van der Waals surface area contributed by atoms with Gasteiger partial charge < -0.3 is 9.47 Å². The second-order valence-corrected chi connectivity index (χ2v) is 7.51. The second-order valence-electron chi connectivity index (χ2n) is 5.95. The minimum absolute atomic E-state index is 0.000742. The Kier molecular flexibility index (Phi) is 4.43. The number of amides is 1. The van der Waals surface area contributed by atoms with Crippen LogP contribution in [0.15, 0.2) is 17.2 Å². The van der Waals surface area contributed by atoms with Crippen molar-refractivity contribution in [2.75, 3.05) is 6.54 Å². The Morgan fingerprint density at radius 3 is 2.57 bits per heavy atom. The van der Waals surface area contributed by atoms with Crippen molar-refractivity contribution in [1.82, 2.24) is 9.47 Å². The van der Waals surface area contributed by atoms with Crippen molar-refractivity contribution in [3.63, 3.8) is 0 Å². The van der Waals surface area contributed by atoms with Crippen molar-refractivity contribution in [3.05, 3.63) is 18.0 Å². The molecular formula is C14H23N3O3S. The molecule has 0 saturated carbocycles. The Bertz CT molecular complexity index is 636. The number of carbonyl (C=O) groups excluding carboxylic acids is 1. The summed E-state index contributed by atoms with van der Waals surface area (Å²) in [4.78, 5) is 14.5. The van der Waals surface area contributed by atoms with Crippen molar-refractivity contribution in [3.8, 4) is 0 Å². The van der Waals surface area contributed by atoms with Crippen molar-refractivity contribution in [2.45, 2.75) is 51.1 Å². The molecule has 0 aromatic carbocycles. The number of nitrogens with zero attached hydrogens (tertiary/aromatic N) is 2. The molecule has 21 heavy (non-hydrogen) atoms. The molecule has 1 aromatic rings. The van der Waals surface area contributed by atoms with Crippen LogP contribution >= 0.6 is 0 Å². The van der Waals surface area contributed by atoms with E-state index >= 15 is 0 Å². The van der Waals surface area contributed by atoms with Gasteiger partial charge in [-0.05, 0) is 31.7 Å². The highest BCUT2D eigenvalue weighted by Crippen LogP contribution is 2.25. The topological polar surface area (TPSA) is 85.4 Å². The number of hydrogen-bond donors (Lipinski definition) is 1. The third kappa shape index (κ3) is 3.29. The Balaban J connectivity index is 2.38. The number of carbonyl (C=O) groups is 1. The summed E-state index contributed by atoms with van der Waals surface area (Å²) in [6.45, 7) is 7.42. The fourth-order valence-corrected chi connectivity index (χ4v) is 3.52. The van der Waals surface area contributed by atoms with Gasteiger partial charge in [-0.25, -0.2) is 13.6 Å². The van der Waals surface area contributed by atoms with Gasteiger partial charge in [0.1, 0.15) is 10.6 Å². The molecule has 2 N–H and O–H groups in total. The van der Waals surface area contributed by atoms with Crippen LogP contribution in [0, 0.1) is 5.92 Å². The normalized spacial score (nSPS) is 22.8. The lowest BCUT2D eigenvalue weighted by Crippen LogP contribution is -2.35. The summed E-state index contributed by atoms with van der Waals surface area (Å²) in [5.74, 6) is 0.353. The average molecular weight is 313 g/mol. The highest BCUT2D eigenvalue weighted by Gasteiger charge is 2.32. The Hall–Kier alpha value is -1.34. The number of sulfonamides is 1. The van der Waals surface area contributed by atoms with Gasteiger partial charge in [0, 0.05) is 25.3 Å². The average Bonchev–Trinajstić information content (AvgIpc) is 2.92. The van der Waals surface area contributed by atoms with Crippen LogP contribution in [0.3, 0.4) is 0 Å². The van der Waals surface area contributed by atoms with E-state index in [1.165, 1.54) is 12.3 Å². The Labute approximate surface area is 126 Å². The van der Waals surface area contributed by atoms with E-state index in [0.29, 0.717) is 24.7 Å². The first-order valence-electron chi connectivity index (χ1n) is 7.28. The van der Waals surface area contributed by atoms with Crippen LogP contribution in [0.5, 0.6) is 0 Å². The number of rotatable bonds is 4. The summed E-state index contributed by atoms with van der Waals surface area (Å²) < 4.78 is 24.7. The fraction of sp³-hybridized carbons (Fsp3) is 0.643. The van der Waals surface area contributed by atoms with Gasteiger partial charge in [-0.2, -0.15) is 0 Å². The third-order valence-corrected chi connectivity index (χ3v) is 4.81. The van der Waals surface area contributed by atoms with Crippen LogP contribution in [0.25, 0.3) is 0 Å². The summed E-state index contributed by atoms with van der Waals surface area (Å²) in [7, 11) is -3.80. The molecule has 2 heterocycles. The molecule has 2 rings (SSSR count). The molecule has 1 saturated heterocycles. The lowest BCUT2D eigenvalue weighted by atomic mass is 10.1. The molecule has 6 nitrogen and oxygen atoms in total. The largest absolute Gasteiger partial charge is 0.342 e. The van der Waals surface area contributed by atoms with Gasteiger partial charge in [0.05, 0.1) is 0 Å². The van der Waals surface area contributed by atoms with Gasteiger partial charge in [0.15, 0.2) is 0 Å². The molecule has 0 spiro atoms. The lowest BCUT2D eigenvalue weighted by Gasteiger charge is -2.22. The molecule has 1 aliphatic rings.